The van der Waals surface area contributed by atoms with Gasteiger partial charge in [0.15, 0.2) is 0 Å². The SMILES string of the molecule is N#Cc1ccc(NC2CC(c3cccc(F)c3)C2)c(F)c1. The Bertz CT molecular complexity index is 700. The summed E-state index contributed by atoms with van der Waals surface area (Å²) in [4.78, 5) is 0. The minimum Gasteiger partial charge on any atom is -0.380 e. The highest BCUT2D eigenvalue weighted by atomic mass is 19.1. The van der Waals surface area contributed by atoms with Crippen molar-refractivity contribution in [2.45, 2.75) is 24.8 Å². The summed E-state index contributed by atoms with van der Waals surface area (Å²) in [6, 6.07) is 13.1. The molecule has 2 aromatic carbocycles. The normalized spacial score (nSPS) is 20.4. The van der Waals surface area contributed by atoms with Crippen LogP contribution in [0.4, 0.5) is 14.5 Å². The van der Waals surface area contributed by atoms with Crippen LogP contribution < -0.4 is 5.32 Å². The van der Waals surface area contributed by atoms with Gasteiger partial charge in [-0.25, -0.2) is 8.78 Å². The van der Waals surface area contributed by atoms with Gasteiger partial charge in [-0.2, -0.15) is 5.26 Å². The van der Waals surface area contributed by atoms with Gasteiger partial charge in [-0.05, 0) is 54.7 Å². The molecule has 0 radical (unpaired) electrons. The molecule has 0 saturated heterocycles. The summed E-state index contributed by atoms with van der Waals surface area (Å²) < 4.78 is 26.9. The van der Waals surface area contributed by atoms with Crippen molar-refractivity contribution >= 4 is 5.69 Å². The molecule has 0 bridgehead atoms. The first-order valence-corrected chi connectivity index (χ1v) is 6.87. The zero-order valence-corrected chi connectivity index (χ0v) is 11.3. The lowest BCUT2D eigenvalue weighted by molar-refractivity contribution is 0.371. The monoisotopic (exact) mass is 284 g/mol. The van der Waals surface area contributed by atoms with E-state index >= 15 is 0 Å². The van der Waals surface area contributed by atoms with Gasteiger partial charge in [-0.15, -0.1) is 0 Å². The summed E-state index contributed by atoms with van der Waals surface area (Å²) in [7, 11) is 0. The summed E-state index contributed by atoms with van der Waals surface area (Å²) in [6.45, 7) is 0. The van der Waals surface area contributed by atoms with Crippen molar-refractivity contribution in [2.24, 2.45) is 0 Å². The van der Waals surface area contributed by atoms with E-state index in [1.54, 1.807) is 24.3 Å². The molecule has 21 heavy (non-hydrogen) atoms. The van der Waals surface area contributed by atoms with Gasteiger partial charge in [-0.3, -0.25) is 0 Å². The van der Waals surface area contributed by atoms with Crippen molar-refractivity contribution in [2.75, 3.05) is 5.32 Å². The third-order valence-corrected chi connectivity index (χ3v) is 3.92. The fourth-order valence-electron chi connectivity index (χ4n) is 2.69. The van der Waals surface area contributed by atoms with Crippen molar-refractivity contribution in [1.82, 2.24) is 0 Å². The van der Waals surface area contributed by atoms with Gasteiger partial charge in [0.2, 0.25) is 0 Å². The largest absolute Gasteiger partial charge is 0.380 e. The quantitative estimate of drug-likeness (QED) is 0.917. The van der Waals surface area contributed by atoms with Crippen LogP contribution in [0, 0.1) is 23.0 Å². The van der Waals surface area contributed by atoms with Crippen LogP contribution in [0.25, 0.3) is 0 Å². The van der Waals surface area contributed by atoms with Crippen LogP contribution in [-0.2, 0) is 0 Å². The molecule has 0 amide bonds. The van der Waals surface area contributed by atoms with Crippen LogP contribution in [0.5, 0.6) is 0 Å². The third-order valence-electron chi connectivity index (χ3n) is 3.92. The van der Waals surface area contributed by atoms with E-state index in [4.69, 9.17) is 5.26 Å². The lowest BCUT2D eigenvalue weighted by Crippen LogP contribution is -2.34. The summed E-state index contributed by atoms with van der Waals surface area (Å²) in [5.74, 6) is -0.315. The number of benzene rings is 2. The van der Waals surface area contributed by atoms with Crippen LogP contribution in [-0.4, -0.2) is 6.04 Å². The van der Waals surface area contributed by atoms with Gasteiger partial charge in [0, 0.05) is 6.04 Å². The maximum atomic E-state index is 13.8. The number of halogens is 2. The Kier molecular flexibility index (Phi) is 3.57. The molecule has 1 saturated carbocycles. The average molecular weight is 284 g/mol. The Hall–Kier alpha value is -2.41. The fraction of sp³-hybridized carbons (Fsp3) is 0.235. The molecule has 4 heteroatoms. The Morgan fingerprint density at radius 3 is 2.57 bits per heavy atom. The molecule has 2 nitrogen and oxygen atoms in total. The van der Waals surface area contributed by atoms with Gasteiger partial charge in [-0.1, -0.05) is 12.1 Å². The first-order valence-electron chi connectivity index (χ1n) is 6.87. The van der Waals surface area contributed by atoms with Gasteiger partial charge >= 0.3 is 0 Å². The Labute approximate surface area is 122 Å². The summed E-state index contributed by atoms with van der Waals surface area (Å²) in [6.07, 6.45) is 1.70. The van der Waals surface area contributed by atoms with E-state index in [0.29, 0.717) is 17.2 Å². The molecule has 1 aliphatic carbocycles. The van der Waals surface area contributed by atoms with Gasteiger partial charge in [0.1, 0.15) is 11.6 Å². The van der Waals surface area contributed by atoms with Crippen molar-refractivity contribution in [3.8, 4) is 6.07 Å². The number of nitrogens with one attached hydrogen (secondary N) is 1. The third kappa shape index (κ3) is 2.87. The minimum atomic E-state index is -0.414. The molecule has 0 aromatic heterocycles. The molecule has 0 atom stereocenters. The van der Waals surface area contributed by atoms with Crippen LogP contribution in [0.1, 0.15) is 29.9 Å². The molecule has 0 heterocycles. The zero-order valence-electron chi connectivity index (χ0n) is 11.3. The molecular weight excluding hydrogens is 270 g/mol. The van der Waals surface area contributed by atoms with Crippen molar-refractivity contribution < 1.29 is 8.78 Å². The molecule has 0 aliphatic heterocycles. The Balaban J connectivity index is 1.61. The minimum absolute atomic E-state index is 0.181. The Morgan fingerprint density at radius 1 is 1.10 bits per heavy atom. The lowest BCUT2D eigenvalue weighted by atomic mass is 9.76. The van der Waals surface area contributed by atoms with Crippen molar-refractivity contribution in [1.29, 1.82) is 5.26 Å². The molecule has 1 N–H and O–H groups in total. The molecule has 2 aromatic rings. The highest BCUT2D eigenvalue weighted by molar-refractivity contribution is 5.50. The van der Waals surface area contributed by atoms with E-state index < -0.39 is 5.82 Å². The molecule has 1 fully saturated rings. The van der Waals surface area contributed by atoms with Crippen LogP contribution in [0.3, 0.4) is 0 Å². The average Bonchev–Trinajstić information content (AvgIpc) is 2.43. The number of hydrogen-bond acceptors (Lipinski definition) is 2. The Morgan fingerprint density at radius 2 is 1.90 bits per heavy atom. The second-order valence-corrected chi connectivity index (χ2v) is 5.37. The van der Waals surface area contributed by atoms with Crippen molar-refractivity contribution in [3.05, 3.63) is 65.2 Å². The smallest absolute Gasteiger partial charge is 0.147 e. The van der Waals surface area contributed by atoms with Crippen LogP contribution in [0.15, 0.2) is 42.5 Å². The van der Waals surface area contributed by atoms with Crippen LogP contribution >= 0.6 is 0 Å². The molecule has 106 valence electrons. The second kappa shape index (κ2) is 5.53. The highest BCUT2D eigenvalue weighted by Crippen LogP contribution is 2.38. The topological polar surface area (TPSA) is 35.8 Å². The first-order chi connectivity index (χ1) is 10.2. The standard InChI is InChI=1S/C17H14F2N2/c18-14-3-1-2-12(7-14)13-8-15(9-13)21-17-5-4-11(10-20)6-16(17)19/h1-7,13,15,21H,8-9H2. The second-order valence-electron chi connectivity index (χ2n) is 5.37. The molecule has 1 aliphatic rings. The van der Waals surface area contributed by atoms with Crippen LogP contribution in [0.2, 0.25) is 0 Å². The summed E-state index contributed by atoms with van der Waals surface area (Å²) >= 11 is 0. The maximum Gasteiger partial charge on any atom is 0.147 e. The summed E-state index contributed by atoms with van der Waals surface area (Å²) in [5.41, 5.74) is 1.72. The first kappa shape index (κ1) is 13.6. The molecule has 3 rings (SSSR count). The fourth-order valence-corrected chi connectivity index (χ4v) is 2.69. The van der Waals surface area contributed by atoms with E-state index in [2.05, 4.69) is 5.32 Å². The number of anilines is 1. The van der Waals surface area contributed by atoms with Crippen molar-refractivity contribution in [3.63, 3.8) is 0 Å². The van der Waals surface area contributed by atoms with E-state index in [-0.39, 0.29) is 11.9 Å². The molecule has 0 unspecified atom stereocenters. The van der Waals surface area contributed by atoms with E-state index in [1.165, 1.54) is 12.1 Å². The number of hydrogen-bond donors (Lipinski definition) is 1. The van der Waals surface area contributed by atoms with E-state index in [9.17, 15) is 8.78 Å². The van der Waals surface area contributed by atoms with E-state index in [0.717, 1.165) is 18.4 Å². The number of nitrogens with zero attached hydrogens (tertiary/aromatic N) is 1. The van der Waals surface area contributed by atoms with E-state index in [1.807, 2.05) is 12.1 Å². The number of nitriles is 1. The predicted octanol–water partition coefficient (Wildman–Crippen LogP) is 4.19. The number of rotatable bonds is 3. The highest BCUT2D eigenvalue weighted by Gasteiger charge is 2.30. The lowest BCUT2D eigenvalue weighted by Gasteiger charge is -2.37. The summed E-state index contributed by atoms with van der Waals surface area (Å²) in [5, 5.41) is 11.8. The maximum absolute atomic E-state index is 13.8. The van der Waals surface area contributed by atoms with Gasteiger partial charge in [0.05, 0.1) is 17.3 Å². The predicted molar refractivity (Wildman–Crippen MR) is 76.9 cm³/mol. The zero-order chi connectivity index (χ0) is 14.8. The molecule has 0 spiro atoms. The molecular formula is C17H14F2N2. The van der Waals surface area contributed by atoms with Gasteiger partial charge < -0.3 is 5.32 Å². The van der Waals surface area contributed by atoms with Gasteiger partial charge in [0.25, 0.3) is 0 Å².